The molecule has 0 aromatic heterocycles. The Kier molecular flexibility index (Phi) is 5.05. The zero-order valence-corrected chi connectivity index (χ0v) is 11.1. The lowest BCUT2D eigenvalue weighted by atomic mass is 10.2. The van der Waals surface area contributed by atoms with Gasteiger partial charge in [-0.05, 0) is 19.1 Å². The lowest BCUT2D eigenvalue weighted by Crippen LogP contribution is -2.23. The molecule has 1 aromatic rings. The lowest BCUT2D eigenvalue weighted by molar-refractivity contribution is -0.110. The molecule has 0 aliphatic rings. The van der Waals surface area contributed by atoms with Crippen LogP contribution in [0, 0.1) is 0 Å². The number of hydrogen-bond acceptors (Lipinski definition) is 5. The van der Waals surface area contributed by atoms with Gasteiger partial charge in [-0.3, -0.25) is 10.2 Å². The van der Waals surface area contributed by atoms with Crippen LogP contribution in [0.25, 0.3) is 0 Å². The largest absolute Gasteiger partial charge is 0.303 e. The number of carbonyl (C=O) groups is 1. The molecule has 5 nitrogen and oxygen atoms in total. The van der Waals surface area contributed by atoms with Crippen LogP contribution >= 0.6 is 0 Å². The molecular weight excluding hydrogens is 228 g/mol. The Bertz CT molecular complexity index is 463. The maximum atomic E-state index is 11.5. The third-order valence-electron chi connectivity index (χ3n) is 2.10. The van der Waals surface area contributed by atoms with Gasteiger partial charge in [0.15, 0.2) is 5.78 Å². The van der Waals surface area contributed by atoms with E-state index in [0.29, 0.717) is 11.4 Å². The molecule has 1 aromatic carbocycles. The lowest BCUT2D eigenvalue weighted by Gasteiger charge is -2.08. The smallest absolute Gasteiger partial charge is 0.181 e. The summed E-state index contributed by atoms with van der Waals surface area (Å²) in [5, 5.41) is 9.91. The van der Waals surface area contributed by atoms with Gasteiger partial charge in [0.25, 0.3) is 0 Å². The first-order chi connectivity index (χ1) is 8.50. The van der Waals surface area contributed by atoms with Gasteiger partial charge in [0.05, 0.1) is 11.4 Å². The number of nitrogens with one attached hydrogen (secondary N) is 1. The zero-order chi connectivity index (χ0) is 13.5. The molecule has 0 radical (unpaired) electrons. The Morgan fingerprint density at radius 3 is 2.28 bits per heavy atom. The van der Waals surface area contributed by atoms with E-state index in [1.165, 1.54) is 6.92 Å². The molecule has 1 rings (SSSR count). The first kappa shape index (κ1) is 13.9. The topological polar surface area (TPSA) is 57.1 Å². The quantitative estimate of drug-likeness (QED) is 0.638. The molecule has 0 atom stereocenters. The van der Waals surface area contributed by atoms with Gasteiger partial charge in [0, 0.05) is 21.0 Å². The van der Waals surface area contributed by atoms with Crippen LogP contribution in [-0.2, 0) is 4.79 Å². The van der Waals surface area contributed by atoms with Crippen molar-refractivity contribution in [1.82, 2.24) is 5.01 Å². The molecule has 0 saturated carbocycles. The average Bonchev–Trinajstić information content (AvgIpc) is 2.29. The van der Waals surface area contributed by atoms with E-state index in [-0.39, 0.29) is 5.78 Å². The summed E-state index contributed by atoms with van der Waals surface area (Å²) in [6.45, 7) is 3.23. The van der Waals surface area contributed by atoms with Crippen LogP contribution in [0.1, 0.15) is 13.8 Å². The Hall–Kier alpha value is -2.17. The van der Waals surface area contributed by atoms with Crippen LogP contribution in [0.5, 0.6) is 0 Å². The van der Waals surface area contributed by atoms with Gasteiger partial charge in [-0.2, -0.15) is 10.2 Å². The summed E-state index contributed by atoms with van der Waals surface area (Å²) in [7, 11) is 3.60. The minimum Gasteiger partial charge on any atom is -0.303 e. The number of para-hydroxylation sites is 1. The average molecular weight is 246 g/mol. The molecule has 96 valence electrons. The number of hydrazone groups is 2. The molecule has 18 heavy (non-hydrogen) atoms. The molecule has 0 bridgehead atoms. The van der Waals surface area contributed by atoms with Gasteiger partial charge >= 0.3 is 0 Å². The predicted octanol–water partition coefficient (Wildman–Crippen LogP) is 1.98. The highest BCUT2D eigenvalue weighted by Crippen LogP contribution is 2.05. The molecular formula is C13H18N4O. The molecule has 0 amide bonds. The van der Waals surface area contributed by atoms with Gasteiger partial charge in [-0.25, -0.2) is 0 Å². The SMILES string of the molecule is CC(=O)/C(=N/Nc1ccccc1)C(C)=NN(C)C. The van der Waals surface area contributed by atoms with Gasteiger partial charge in [0.1, 0.15) is 5.71 Å². The second-order valence-corrected chi connectivity index (χ2v) is 4.03. The normalized spacial score (nSPS) is 12.2. The van der Waals surface area contributed by atoms with E-state index >= 15 is 0 Å². The fourth-order valence-electron chi connectivity index (χ4n) is 1.39. The zero-order valence-electron chi connectivity index (χ0n) is 11.1. The minimum atomic E-state index is -0.124. The van der Waals surface area contributed by atoms with E-state index in [2.05, 4.69) is 15.6 Å². The Balaban J connectivity index is 2.89. The molecule has 0 saturated heterocycles. The summed E-state index contributed by atoms with van der Waals surface area (Å²) in [6, 6.07) is 9.46. The van der Waals surface area contributed by atoms with Crippen molar-refractivity contribution < 1.29 is 4.79 Å². The van der Waals surface area contributed by atoms with E-state index in [1.54, 1.807) is 26.0 Å². The molecule has 1 N–H and O–H groups in total. The molecule has 0 spiro atoms. The third kappa shape index (κ3) is 4.37. The molecule has 0 aliphatic carbocycles. The maximum Gasteiger partial charge on any atom is 0.181 e. The molecule has 0 aliphatic heterocycles. The van der Waals surface area contributed by atoms with Gasteiger partial charge in [-0.15, -0.1) is 0 Å². The highest BCUT2D eigenvalue weighted by Gasteiger charge is 2.10. The summed E-state index contributed by atoms with van der Waals surface area (Å²) in [4.78, 5) is 11.5. The fourth-order valence-corrected chi connectivity index (χ4v) is 1.39. The van der Waals surface area contributed by atoms with Gasteiger partial charge in [0.2, 0.25) is 0 Å². The Labute approximate surface area is 107 Å². The number of nitrogens with zero attached hydrogens (tertiary/aromatic N) is 3. The molecule has 0 fully saturated rings. The summed E-state index contributed by atoms with van der Waals surface area (Å²) in [5.41, 5.74) is 4.58. The van der Waals surface area contributed by atoms with E-state index in [0.717, 1.165) is 5.69 Å². The summed E-state index contributed by atoms with van der Waals surface area (Å²) in [5.74, 6) is -0.124. The van der Waals surface area contributed by atoms with Crippen LogP contribution in [0.15, 0.2) is 40.5 Å². The first-order valence-electron chi connectivity index (χ1n) is 5.63. The van der Waals surface area contributed by atoms with Crippen molar-refractivity contribution in [2.45, 2.75) is 13.8 Å². The number of anilines is 1. The Morgan fingerprint density at radius 2 is 1.78 bits per heavy atom. The number of carbonyl (C=O) groups excluding carboxylic acids is 1. The van der Waals surface area contributed by atoms with E-state index in [1.807, 2.05) is 30.3 Å². The highest BCUT2D eigenvalue weighted by atomic mass is 16.1. The number of Topliss-reactive ketones (excluding diaryl/α,β-unsaturated/α-hetero) is 1. The number of benzene rings is 1. The number of hydrogen-bond donors (Lipinski definition) is 1. The van der Waals surface area contributed by atoms with Crippen molar-refractivity contribution in [3.63, 3.8) is 0 Å². The third-order valence-corrected chi connectivity index (χ3v) is 2.10. The highest BCUT2D eigenvalue weighted by molar-refractivity contribution is 6.66. The molecule has 0 unspecified atom stereocenters. The predicted molar refractivity (Wildman–Crippen MR) is 75.0 cm³/mol. The van der Waals surface area contributed by atoms with Gasteiger partial charge in [-0.1, -0.05) is 18.2 Å². The first-order valence-corrected chi connectivity index (χ1v) is 5.63. The van der Waals surface area contributed by atoms with Crippen molar-refractivity contribution in [2.24, 2.45) is 10.2 Å². The van der Waals surface area contributed by atoms with Crippen LogP contribution < -0.4 is 5.43 Å². The minimum absolute atomic E-state index is 0.124. The summed E-state index contributed by atoms with van der Waals surface area (Å²) < 4.78 is 0. The Morgan fingerprint density at radius 1 is 1.17 bits per heavy atom. The van der Waals surface area contributed by atoms with Crippen molar-refractivity contribution >= 4 is 22.9 Å². The second kappa shape index (κ2) is 6.54. The molecule has 0 heterocycles. The van der Waals surface area contributed by atoms with Crippen molar-refractivity contribution in [2.75, 3.05) is 19.5 Å². The van der Waals surface area contributed by atoms with Crippen molar-refractivity contribution in [3.05, 3.63) is 30.3 Å². The van der Waals surface area contributed by atoms with Crippen LogP contribution in [0.3, 0.4) is 0 Å². The summed E-state index contributed by atoms with van der Waals surface area (Å²) >= 11 is 0. The second-order valence-electron chi connectivity index (χ2n) is 4.03. The monoisotopic (exact) mass is 246 g/mol. The fraction of sp³-hybridized carbons (Fsp3) is 0.308. The maximum absolute atomic E-state index is 11.5. The van der Waals surface area contributed by atoms with E-state index in [4.69, 9.17) is 0 Å². The van der Waals surface area contributed by atoms with E-state index in [9.17, 15) is 4.79 Å². The standard InChI is InChI=1S/C13H18N4O/c1-10(16-17(3)4)13(11(2)18)15-14-12-8-6-5-7-9-12/h5-9,14H,1-4H3/b15-13+,16-10?. The molecule has 5 heteroatoms. The summed E-state index contributed by atoms with van der Waals surface area (Å²) in [6.07, 6.45) is 0. The number of rotatable bonds is 5. The van der Waals surface area contributed by atoms with Gasteiger partial charge < -0.3 is 5.01 Å². The number of ketones is 1. The van der Waals surface area contributed by atoms with Crippen LogP contribution in [-0.4, -0.2) is 36.3 Å². The van der Waals surface area contributed by atoms with Crippen LogP contribution in [0.4, 0.5) is 5.69 Å². The van der Waals surface area contributed by atoms with Crippen molar-refractivity contribution in [3.8, 4) is 0 Å². The van der Waals surface area contributed by atoms with Crippen molar-refractivity contribution in [1.29, 1.82) is 0 Å². The van der Waals surface area contributed by atoms with Crippen LogP contribution in [0.2, 0.25) is 0 Å². The van der Waals surface area contributed by atoms with E-state index < -0.39 is 0 Å².